The largest absolute Gasteiger partial charge is 0.454 e. The number of furan rings is 1. The quantitative estimate of drug-likeness (QED) is 0.239. The van der Waals surface area contributed by atoms with E-state index >= 15 is 0 Å². The number of nitrogens with zero attached hydrogens (tertiary/aromatic N) is 3. The van der Waals surface area contributed by atoms with Gasteiger partial charge in [-0.25, -0.2) is 10.1 Å². The second-order valence-corrected chi connectivity index (χ2v) is 10.1. The van der Waals surface area contributed by atoms with Crippen LogP contribution < -0.4 is 5.43 Å². The SMILES string of the molecule is C[C@@H]1CCc2sc(C(=O)N/N=C\c3cn(-c4ccccc4)nc3-c3cc4ccccc4o3)cc2C1. The summed E-state index contributed by atoms with van der Waals surface area (Å²) >= 11 is 1.58. The molecule has 0 unspecified atom stereocenters. The average Bonchev–Trinajstić information content (AvgIpc) is 3.60. The van der Waals surface area contributed by atoms with E-state index in [9.17, 15) is 4.79 Å². The van der Waals surface area contributed by atoms with Crippen LogP contribution in [0.1, 0.15) is 39.0 Å². The number of rotatable bonds is 5. The van der Waals surface area contributed by atoms with Crippen LogP contribution in [0.2, 0.25) is 0 Å². The zero-order valence-corrected chi connectivity index (χ0v) is 20.1. The Balaban J connectivity index is 1.29. The number of amides is 1. The van der Waals surface area contributed by atoms with Gasteiger partial charge in [-0.15, -0.1) is 11.3 Å². The number of carbonyl (C=O) groups is 1. The molecule has 174 valence electrons. The number of fused-ring (bicyclic) bond motifs is 2. The predicted octanol–water partition coefficient (Wildman–Crippen LogP) is 6.24. The summed E-state index contributed by atoms with van der Waals surface area (Å²) in [6.07, 6.45) is 6.79. The molecule has 0 spiro atoms. The summed E-state index contributed by atoms with van der Waals surface area (Å²) in [5.41, 5.74) is 7.12. The first-order chi connectivity index (χ1) is 17.1. The zero-order chi connectivity index (χ0) is 23.8. The highest BCUT2D eigenvalue weighted by molar-refractivity contribution is 7.14. The zero-order valence-electron chi connectivity index (χ0n) is 19.3. The van der Waals surface area contributed by atoms with Crippen LogP contribution in [-0.4, -0.2) is 21.9 Å². The van der Waals surface area contributed by atoms with Gasteiger partial charge in [0.1, 0.15) is 11.3 Å². The molecule has 35 heavy (non-hydrogen) atoms. The van der Waals surface area contributed by atoms with Crippen LogP contribution in [0.5, 0.6) is 0 Å². The maximum Gasteiger partial charge on any atom is 0.281 e. The third kappa shape index (κ3) is 4.31. The van der Waals surface area contributed by atoms with Gasteiger partial charge in [0.05, 0.1) is 16.8 Å². The fourth-order valence-corrected chi connectivity index (χ4v) is 5.62. The lowest BCUT2D eigenvalue weighted by Crippen LogP contribution is -2.16. The maximum absolute atomic E-state index is 12.8. The van der Waals surface area contributed by atoms with Crippen LogP contribution >= 0.6 is 11.3 Å². The van der Waals surface area contributed by atoms with Crippen LogP contribution in [0.15, 0.2) is 82.4 Å². The van der Waals surface area contributed by atoms with E-state index in [1.54, 1.807) is 22.2 Å². The molecule has 3 aromatic heterocycles. The molecule has 6 rings (SSSR count). The molecule has 7 heteroatoms. The molecule has 2 aromatic carbocycles. The fourth-order valence-electron chi connectivity index (χ4n) is 4.52. The average molecular weight is 481 g/mol. The van der Waals surface area contributed by atoms with Gasteiger partial charge in [0.15, 0.2) is 5.76 Å². The minimum atomic E-state index is -0.186. The summed E-state index contributed by atoms with van der Waals surface area (Å²) in [7, 11) is 0. The third-order valence-corrected chi connectivity index (χ3v) is 7.58. The highest BCUT2D eigenvalue weighted by Gasteiger charge is 2.21. The molecule has 1 N–H and O–H groups in total. The normalized spacial score (nSPS) is 15.5. The summed E-state index contributed by atoms with van der Waals surface area (Å²) in [6, 6.07) is 21.7. The molecule has 0 fully saturated rings. The molecule has 1 atom stereocenters. The lowest BCUT2D eigenvalue weighted by Gasteiger charge is -2.16. The van der Waals surface area contributed by atoms with Gasteiger partial charge in [0.2, 0.25) is 0 Å². The van der Waals surface area contributed by atoms with E-state index in [4.69, 9.17) is 9.52 Å². The van der Waals surface area contributed by atoms with Crippen molar-refractivity contribution in [3.05, 3.63) is 93.8 Å². The van der Waals surface area contributed by atoms with Crippen molar-refractivity contribution in [3.63, 3.8) is 0 Å². The van der Waals surface area contributed by atoms with Gasteiger partial charge in [-0.05, 0) is 61.1 Å². The Morgan fingerprint density at radius 2 is 2.00 bits per heavy atom. The molecule has 1 aliphatic carbocycles. The van der Waals surface area contributed by atoms with Crippen molar-refractivity contribution in [2.24, 2.45) is 11.0 Å². The van der Waals surface area contributed by atoms with Crippen LogP contribution in [0.3, 0.4) is 0 Å². The second kappa shape index (κ2) is 9.00. The van der Waals surface area contributed by atoms with Crippen molar-refractivity contribution < 1.29 is 9.21 Å². The van der Waals surface area contributed by atoms with Gasteiger partial charge in [0, 0.05) is 22.0 Å². The first-order valence-corrected chi connectivity index (χ1v) is 12.5. The molecule has 0 bridgehead atoms. The molecule has 0 radical (unpaired) electrons. The molecule has 5 aromatic rings. The van der Waals surface area contributed by atoms with Crippen molar-refractivity contribution in [1.29, 1.82) is 0 Å². The van der Waals surface area contributed by atoms with Gasteiger partial charge < -0.3 is 4.42 Å². The minimum absolute atomic E-state index is 0.186. The number of carbonyl (C=O) groups excluding carboxylic acids is 1. The molecule has 0 saturated carbocycles. The summed E-state index contributed by atoms with van der Waals surface area (Å²) in [5.74, 6) is 1.13. The summed E-state index contributed by atoms with van der Waals surface area (Å²) in [6.45, 7) is 2.26. The minimum Gasteiger partial charge on any atom is -0.454 e. The Kier molecular flexibility index (Phi) is 5.54. The summed E-state index contributed by atoms with van der Waals surface area (Å²) in [4.78, 5) is 14.8. The van der Waals surface area contributed by atoms with E-state index in [-0.39, 0.29) is 5.91 Å². The first kappa shape index (κ1) is 21.6. The van der Waals surface area contributed by atoms with Gasteiger partial charge in [-0.1, -0.05) is 43.3 Å². The van der Waals surface area contributed by atoms with Gasteiger partial charge in [-0.2, -0.15) is 10.2 Å². The Morgan fingerprint density at radius 3 is 2.86 bits per heavy atom. The van der Waals surface area contributed by atoms with Gasteiger partial charge in [-0.3, -0.25) is 4.79 Å². The van der Waals surface area contributed by atoms with E-state index in [2.05, 4.69) is 17.5 Å². The number of hydrogen-bond acceptors (Lipinski definition) is 5. The van der Waals surface area contributed by atoms with E-state index in [1.807, 2.05) is 72.9 Å². The fraction of sp³-hybridized carbons (Fsp3) is 0.179. The molecule has 1 amide bonds. The number of aromatic nitrogens is 2. The molecule has 6 nitrogen and oxygen atoms in total. The highest BCUT2D eigenvalue weighted by atomic mass is 32.1. The van der Waals surface area contributed by atoms with Crippen LogP contribution in [0, 0.1) is 5.92 Å². The van der Waals surface area contributed by atoms with Gasteiger partial charge >= 0.3 is 0 Å². The lowest BCUT2D eigenvalue weighted by molar-refractivity contribution is 0.0959. The van der Waals surface area contributed by atoms with E-state index in [1.165, 1.54) is 16.9 Å². The van der Waals surface area contributed by atoms with E-state index in [0.29, 0.717) is 22.2 Å². The highest BCUT2D eigenvalue weighted by Crippen LogP contribution is 2.32. The Morgan fingerprint density at radius 1 is 1.17 bits per heavy atom. The van der Waals surface area contributed by atoms with Crippen LogP contribution in [-0.2, 0) is 12.8 Å². The lowest BCUT2D eigenvalue weighted by atomic mass is 9.90. The van der Waals surface area contributed by atoms with Crippen LogP contribution in [0.25, 0.3) is 28.1 Å². The van der Waals surface area contributed by atoms with Crippen molar-refractivity contribution in [1.82, 2.24) is 15.2 Å². The number of thiophene rings is 1. The van der Waals surface area contributed by atoms with Crippen LogP contribution in [0.4, 0.5) is 0 Å². The topological polar surface area (TPSA) is 72.4 Å². The maximum atomic E-state index is 12.8. The number of hydrogen-bond donors (Lipinski definition) is 1. The Bertz CT molecular complexity index is 1510. The smallest absolute Gasteiger partial charge is 0.281 e. The van der Waals surface area contributed by atoms with Crippen molar-refractivity contribution in [3.8, 4) is 17.1 Å². The molecular formula is C28H24N4O2S. The number of nitrogens with one attached hydrogen (secondary N) is 1. The summed E-state index contributed by atoms with van der Waals surface area (Å²) in [5, 5.41) is 10.1. The predicted molar refractivity (Wildman–Crippen MR) is 139 cm³/mol. The van der Waals surface area contributed by atoms with Crippen molar-refractivity contribution in [2.45, 2.75) is 26.2 Å². The Labute approximate surface area is 206 Å². The van der Waals surface area contributed by atoms with E-state index < -0.39 is 0 Å². The number of aryl methyl sites for hydroxylation is 1. The molecular weight excluding hydrogens is 456 g/mol. The monoisotopic (exact) mass is 480 g/mol. The number of para-hydroxylation sites is 2. The number of hydrazone groups is 1. The Hall–Kier alpha value is -3.97. The van der Waals surface area contributed by atoms with E-state index in [0.717, 1.165) is 35.1 Å². The summed E-state index contributed by atoms with van der Waals surface area (Å²) < 4.78 is 7.86. The second-order valence-electron chi connectivity index (χ2n) is 8.97. The number of benzene rings is 2. The third-order valence-electron chi connectivity index (χ3n) is 6.34. The first-order valence-electron chi connectivity index (χ1n) is 11.7. The molecule has 3 heterocycles. The van der Waals surface area contributed by atoms with Crippen molar-refractivity contribution >= 4 is 34.4 Å². The van der Waals surface area contributed by atoms with Crippen molar-refractivity contribution in [2.75, 3.05) is 0 Å². The molecule has 1 aliphatic rings. The van der Waals surface area contributed by atoms with Gasteiger partial charge in [0.25, 0.3) is 5.91 Å². The molecule has 0 saturated heterocycles. The molecule has 0 aliphatic heterocycles. The standard InChI is InChI=1S/C28H24N4O2S/c1-18-11-12-25-20(13-18)15-26(35-25)28(33)30-29-16-21-17-32(22-8-3-2-4-9-22)31-27(21)24-14-19-7-5-6-10-23(19)34-24/h2-10,14-18H,11-13H2,1H3,(H,30,33)/b29-16-/t18-/m1/s1.